The average molecular weight is 383 g/mol. The summed E-state index contributed by atoms with van der Waals surface area (Å²) in [5, 5.41) is 0.372. The minimum absolute atomic E-state index is 0.111. The summed E-state index contributed by atoms with van der Waals surface area (Å²) in [5.74, 6) is 0.801. The van der Waals surface area contributed by atoms with E-state index in [1.54, 1.807) is 23.3 Å². The molecule has 0 amide bonds. The zero-order valence-electron chi connectivity index (χ0n) is 12.8. The normalized spacial score (nSPS) is 12.7. The Morgan fingerprint density at radius 3 is 2.55 bits per heavy atom. The number of imidazole rings is 1. The first-order valence-electron chi connectivity index (χ1n) is 6.93. The summed E-state index contributed by atoms with van der Waals surface area (Å²) in [7, 11) is 0. The molecule has 1 heterocycles. The van der Waals surface area contributed by atoms with Crippen LogP contribution in [0, 0.1) is 5.41 Å². The van der Waals surface area contributed by atoms with Gasteiger partial charge in [0.15, 0.2) is 0 Å². The van der Waals surface area contributed by atoms with Crippen LogP contribution in [-0.2, 0) is 4.74 Å². The van der Waals surface area contributed by atoms with Crippen molar-refractivity contribution in [1.29, 1.82) is 0 Å². The van der Waals surface area contributed by atoms with E-state index in [1.165, 1.54) is 0 Å². The van der Waals surface area contributed by atoms with Crippen molar-refractivity contribution in [3.05, 3.63) is 47.5 Å². The Morgan fingerprint density at radius 1 is 1.32 bits per heavy atom. The fourth-order valence-electron chi connectivity index (χ4n) is 1.71. The van der Waals surface area contributed by atoms with Gasteiger partial charge in [-0.3, -0.25) is 4.57 Å². The lowest BCUT2D eigenvalue weighted by Crippen LogP contribution is -2.37. The Bertz CT molecular complexity index is 606. The summed E-state index contributed by atoms with van der Waals surface area (Å²) in [4.78, 5) is 3.97. The Morgan fingerprint density at radius 2 is 2.00 bits per heavy atom. The maximum atomic E-state index is 5.92. The predicted molar refractivity (Wildman–Crippen MR) is 94.2 cm³/mol. The smallest absolute Gasteiger partial charge is 0.269 e. The molecule has 0 N–H and O–H groups in total. The van der Waals surface area contributed by atoms with E-state index in [9.17, 15) is 0 Å². The first-order valence-corrected chi connectivity index (χ1v) is 8.14. The van der Waals surface area contributed by atoms with Gasteiger partial charge in [0.25, 0.3) is 5.17 Å². The van der Waals surface area contributed by atoms with Gasteiger partial charge in [0.1, 0.15) is 24.8 Å². The SMILES string of the molecule is CC(C)(C)C(COc1ccc(Br)cc1)OC(=S)n1ccnc1. The molecular formula is C16H19BrN2O2S. The van der Waals surface area contributed by atoms with Gasteiger partial charge in [-0.1, -0.05) is 36.7 Å². The van der Waals surface area contributed by atoms with E-state index in [1.807, 2.05) is 24.3 Å². The van der Waals surface area contributed by atoms with Crippen molar-refractivity contribution in [2.45, 2.75) is 26.9 Å². The van der Waals surface area contributed by atoms with E-state index in [0.717, 1.165) is 10.2 Å². The van der Waals surface area contributed by atoms with Crippen LogP contribution in [0.25, 0.3) is 0 Å². The monoisotopic (exact) mass is 382 g/mol. The van der Waals surface area contributed by atoms with Crippen LogP contribution < -0.4 is 4.74 Å². The number of benzene rings is 1. The van der Waals surface area contributed by atoms with Crippen molar-refractivity contribution >= 4 is 33.3 Å². The van der Waals surface area contributed by atoms with Crippen LogP contribution in [0.3, 0.4) is 0 Å². The number of hydrogen-bond donors (Lipinski definition) is 0. The molecule has 1 aromatic heterocycles. The molecule has 4 nitrogen and oxygen atoms in total. The molecule has 1 atom stereocenters. The fraction of sp³-hybridized carbons (Fsp3) is 0.375. The van der Waals surface area contributed by atoms with Gasteiger partial charge in [-0.05, 0) is 36.5 Å². The maximum Gasteiger partial charge on any atom is 0.269 e. The topological polar surface area (TPSA) is 36.3 Å². The molecule has 0 aliphatic rings. The molecule has 0 aliphatic carbocycles. The maximum absolute atomic E-state index is 5.92. The molecule has 0 radical (unpaired) electrons. The fourth-order valence-corrected chi connectivity index (χ4v) is 2.20. The van der Waals surface area contributed by atoms with Gasteiger partial charge in [0.05, 0.1) is 0 Å². The third-order valence-electron chi connectivity index (χ3n) is 3.14. The van der Waals surface area contributed by atoms with Crippen molar-refractivity contribution in [2.24, 2.45) is 5.41 Å². The molecule has 0 saturated heterocycles. The zero-order valence-corrected chi connectivity index (χ0v) is 15.2. The lowest BCUT2D eigenvalue weighted by atomic mass is 9.89. The highest BCUT2D eigenvalue weighted by molar-refractivity contribution is 9.10. The number of aromatic nitrogens is 2. The van der Waals surface area contributed by atoms with Crippen LogP contribution in [0.5, 0.6) is 5.75 Å². The highest BCUT2D eigenvalue weighted by Crippen LogP contribution is 2.24. The number of thiocarbonyl (C=S) groups is 1. The summed E-state index contributed by atoms with van der Waals surface area (Å²) < 4.78 is 14.5. The van der Waals surface area contributed by atoms with E-state index in [2.05, 4.69) is 41.7 Å². The third-order valence-corrected chi connectivity index (χ3v) is 3.97. The highest BCUT2D eigenvalue weighted by Gasteiger charge is 2.28. The molecule has 2 aromatic rings. The molecule has 0 saturated carbocycles. The minimum atomic E-state index is -0.175. The van der Waals surface area contributed by atoms with E-state index in [4.69, 9.17) is 21.7 Å². The largest absolute Gasteiger partial charge is 0.490 e. The number of halogens is 1. The Labute approximate surface area is 144 Å². The lowest BCUT2D eigenvalue weighted by molar-refractivity contribution is 0.0321. The number of nitrogens with zero attached hydrogens (tertiary/aromatic N) is 2. The van der Waals surface area contributed by atoms with E-state index >= 15 is 0 Å². The van der Waals surface area contributed by atoms with E-state index in [0.29, 0.717) is 11.8 Å². The zero-order chi connectivity index (χ0) is 16.2. The number of hydrogen-bond acceptors (Lipinski definition) is 4. The van der Waals surface area contributed by atoms with Gasteiger partial charge in [-0.2, -0.15) is 0 Å². The lowest BCUT2D eigenvalue weighted by Gasteiger charge is -2.31. The molecule has 0 bridgehead atoms. The standard InChI is InChI=1S/C16H19BrN2O2S/c1-16(2,3)14(21-15(22)19-9-8-18-11-19)10-20-13-6-4-12(17)5-7-13/h4-9,11,14H,10H2,1-3H3. The van der Waals surface area contributed by atoms with E-state index < -0.39 is 0 Å². The first kappa shape index (κ1) is 17.0. The molecule has 2 rings (SSSR count). The van der Waals surface area contributed by atoms with Gasteiger partial charge >= 0.3 is 0 Å². The van der Waals surface area contributed by atoms with Gasteiger partial charge in [-0.25, -0.2) is 4.98 Å². The van der Waals surface area contributed by atoms with Crippen LogP contribution >= 0.6 is 28.1 Å². The van der Waals surface area contributed by atoms with E-state index in [-0.39, 0.29) is 11.5 Å². The van der Waals surface area contributed by atoms with Crippen LogP contribution in [0.4, 0.5) is 0 Å². The average Bonchev–Trinajstić information content (AvgIpc) is 2.98. The summed E-state index contributed by atoms with van der Waals surface area (Å²) in [6.45, 7) is 6.71. The minimum Gasteiger partial charge on any atom is -0.490 e. The predicted octanol–water partition coefficient (Wildman–Crippen LogP) is 4.29. The molecule has 1 unspecified atom stereocenters. The third kappa shape index (κ3) is 4.81. The molecular weight excluding hydrogens is 364 g/mol. The van der Waals surface area contributed by atoms with Crippen LogP contribution in [0.2, 0.25) is 0 Å². The summed E-state index contributed by atoms with van der Waals surface area (Å²) in [5.41, 5.74) is -0.111. The molecule has 22 heavy (non-hydrogen) atoms. The number of ether oxygens (including phenoxy) is 2. The summed E-state index contributed by atoms with van der Waals surface area (Å²) in [6, 6.07) is 7.72. The van der Waals surface area contributed by atoms with Gasteiger partial charge in [0.2, 0.25) is 0 Å². The highest BCUT2D eigenvalue weighted by atomic mass is 79.9. The second-order valence-corrected chi connectivity index (χ2v) is 7.24. The van der Waals surface area contributed by atoms with Gasteiger partial charge in [0, 0.05) is 22.3 Å². The molecule has 1 aromatic carbocycles. The van der Waals surface area contributed by atoms with Crippen LogP contribution in [0.15, 0.2) is 47.5 Å². The Hall–Kier alpha value is -1.40. The van der Waals surface area contributed by atoms with Crippen LogP contribution in [-0.4, -0.2) is 27.4 Å². The second kappa shape index (κ2) is 7.24. The Balaban J connectivity index is 2.00. The molecule has 6 heteroatoms. The summed E-state index contributed by atoms with van der Waals surface area (Å²) in [6.07, 6.45) is 4.88. The van der Waals surface area contributed by atoms with Crippen molar-refractivity contribution in [2.75, 3.05) is 6.61 Å². The van der Waals surface area contributed by atoms with Gasteiger partial charge in [-0.15, -0.1) is 0 Å². The van der Waals surface area contributed by atoms with Crippen LogP contribution in [0.1, 0.15) is 20.8 Å². The van der Waals surface area contributed by atoms with Crippen molar-refractivity contribution in [3.63, 3.8) is 0 Å². The quantitative estimate of drug-likeness (QED) is 0.738. The molecule has 118 valence electrons. The molecule has 0 aliphatic heterocycles. The molecule has 0 spiro atoms. The van der Waals surface area contributed by atoms with Crippen molar-refractivity contribution in [1.82, 2.24) is 9.55 Å². The first-order chi connectivity index (χ1) is 10.4. The number of rotatable bonds is 4. The summed E-state index contributed by atoms with van der Waals surface area (Å²) >= 11 is 8.71. The van der Waals surface area contributed by atoms with Crippen molar-refractivity contribution in [3.8, 4) is 5.75 Å². The molecule has 0 fully saturated rings. The van der Waals surface area contributed by atoms with Crippen molar-refractivity contribution < 1.29 is 9.47 Å². The van der Waals surface area contributed by atoms with Gasteiger partial charge < -0.3 is 9.47 Å². The second-order valence-electron chi connectivity index (χ2n) is 5.97. The Kier molecular flexibility index (Phi) is 5.58.